The third kappa shape index (κ3) is 1.89. The lowest BCUT2D eigenvalue weighted by Gasteiger charge is -2.36. The lowest BCUT2D eigenvalue weighted by Crippen LogP contribution is -2.57. The highest BCUT2D eigenvalue weighted by Crippen LogP contribution is 2.35. The topological polar surface area (TPSA) is 88.4 Å². The number of fused-ring (bicyclic) bond motifs is 1. The fourth-order valence-electron chi connectivity index (χ4n) is 1.91. The van der Waals surface area contributed by atoms with Gasteiger partial charge in [0.25, 0.3) is 0 Å². The van der Waals surface area contributed by atoms with Gasteiger partial charge in [-0.3, -0.25) is 0 Å². The van der Waals surface area contributed by atoms with E-state index in [1.807, 2.05) is 0 Å². The lowest BCUT2D eigenvalue weighted by atomic mass is 9.99. The predicted octanol–water partition coefficient (Wildman–Crippen LogP) is -1.42. The van der Waals surface area contributed by atoms with Gasteiger partial charge >= 0.3 is 0 Å². The van der Waals surface area contributed by atoms with Crippen molar-refractivity contribution in [3.8, 4) is 0 Å². The van der Waals surface area contributed by atoms with E-state index in [2.05, 4.69) is 0 Å². The molecule has 0 spiro atoms. The van der Waals surface area contributed by atoms with E-state index in [0.717, 1.165) is 0 Å². The fraction of sp³-hybridized carbons (Fsp3) is 1.00. The van der Waals surface area contributed by atoms with Crippen LogP contribution in [0.2, 0.25) is 0 Å². The van der Waals surface area contributed by atoms with Gasteiger partial charge in [0, 0.05) is 0 Å². The standard InChI is InChI=1S/C9H16O6/c1-9(2)14-7-6(12)5(11)4(3-10)13-8(7)15-9/h4-8,10-12H,3H2,1-2H3/t4-,5-,6+,7-,8-/m1/s1. The molecule has 2 aliphatic rings. The first kappa shape index (κ1) is 11.3. The second-order valence-corrected chi connectivity index (χ2v) is 4.31. The van der Waals surface area contributed by atoms with E-state index >= 15 is 0 Å². The van der Waals surface area contributed by atoms with Gasteiger partial charge in [0.2, 0.25) is 0 Å². The van der Waals surface area contributed by atoms with Crippen LogP contribution >= 0.6 is 0 Å². The summed E-state index contributed by atoms with van der Waals surface area (Å²) in [6.45, 7) is 3.02. The van der Waals surface area contributed by atoms with Gasteiger partial charge in [-0.05, 0) is 13.8 Å². The van der Waals surface area contributed by atoms with Crippen LogP contribution in [-0.2, 0) is 14.2 Å². The molecule has 88 valence electrons. The Bertz CT molecular complexity index is 243. The Balaban J connectivity index is 2.13. The molecule has 0 aromatic rings. The van der Waals surface area contributed by atoms with Crippen LogP contribution in [0.1, 0.15) is 13.8 Å². The average molecular weight is 220 g/mol. The number of hydrogen-bond donors (Lipinski definition) is 3. The van der Waals surface area contributed by atoms with Gasteiger partial charge in [-0.15, -0.1) is 0 Å². The first-order chi connectivity index (χ1) is 6.94. The molecule has 0 amide bonds. The minimum absolute atomic E-state index is 0.370. The van der Waals surface area contributed by atoms with Crippen LogP contribution < -0.4 is 0 Å². The molecule has 5 atom stereocenters. The predicted molar refractivity (Wildman–Crippen MR) is 47.8 cm³/mol. The number of aliphatic hydroxyl groups excluding tert-OH is 3. The first-order valence-corrected chi connectivity index (χ1v) is 4.93. The molecule has 6 nitrogen and oxygen atoms in total. The summed E-state index contributed by atoms with van der Waals surface area (Å²) in [4.78, 5) is 0. The van der Waals surface area contributed by atoms with Gasteiger partial charge < -0.3 is 29.5 Å². The summed E-state index contributed by atoms with van der Waals surface area (Å²) in [6, 6.07) is 0. The van der Waals surface area contributed by atoms with Crippen LogP contribution in [0.15, 0.2) is 0 Å². The second kappa shape index (κ2) is 3.65. The van der Waals surface area contributed by atoms with E-state index in [-0.39, 0.29) is 6.61 Å². The van der Waals surface area contributed by atoms with Crippen molar-refractivity contribution in [2.24, 2.45) is 0 Å². The molecule has 2 heterocycles. The zero-order valence-electron chi connectivity index (χ0n) is 8.66. The summed E-state index contributed by atoms with van der Waals surface area (Å²) in [5.74, 6) is -0.847. The largest absolute Gasteiger partial charge is 0.394 e. The fourth-order valence-corrected chi connectivity index (χ4v) is 1.91. The van der Waals surface area contributed by atoms with E-state index < -0.39 is 36.5 Å². The lowest BCUT2D eigenvalue weighted by molar-refractivity contribution is -0.256. The maximum absolute atomic E-state index is 9.74. The van der Waals surface area contributed by atoms with Gasteiger partial charge in [-0.25, -0.2) is 0 Å². The minimum atomic E-state index is -1.16. The van der Waals surface area contributed by atoms with Gasteiger partial charge in [0.05, 0.1) is 6.61 Å². The molecule has 2 saturated heterocycles. The maximum atomic E-state index is 9.74. The molecule has 2 fully saturated rings. The maximum Gasteiger partial charge on any atom is 0.190 e. The number of rotatable bonds is 1. The quantitative estimate of drug-likeness (QED) is 0.502. The van der Waals surface area contributed by atoms with Crippen molar-refractivity contribution < 1.29 is 29.5 Å². The zero-order chi connectivity index (χ0) is 11.2. The number of aliphatic hydroxyl groups is 3. The highest BCUT2D eigenvalue weighted by Gasteiger charge is 2.53. The molecule has 0 aromatic carbocycles. The monoisotopic (exact) mass is 220 g/mol. The van der Waals surface area contributed by atoms with E-state index in [4.69, 9.17) is 19.3 Å². The Labute approximate surface area is 87.4 Å². The van der Waals surface area contributed by atoms with Crippen molar-refractivity contribution in [1.82, 2.24) is 0 Å². The van der Waals surface area contributed by atoms with Crippen molar-refractivity contribution in [2.45, 2.75) is 50.3 Å². The molecule has 0 unspecified atom stereocenters. The molecule has 3 N–H and O–H groups in total. The van der Waals surface area contributed by atoms with Crippen molar-refractivity contribution in [2.75, 3.05) is 6.61 Å². The average Bonchev–Trinajstić information content (AvgIpc) is 2.47. The molecule has 2 aliphatic heterocycles. The van der Waals surface area contributed by atoms with Crippen molar-refractivity contribution in [1.29, 1.82) is 0 Å². The van der Waals surface area contributed by atoms with Crippen molar-refractivity contribution >= 4 is 0 Å². The molecule has 6 heteroatoms. The molecule has 15 heavy (non-hydrogen) atoms. The zero-order valence-corrected chi connectivity index (χ0v) is 8.66. The Kier molecular flexibility index (Phi) is 2.74. The van der Waals surface area contributed by atoms with Crippen LogP contribution in [0.25, 0.3) is 0 Å². The SMILES string of the molecule is CC1(C)O[C@H]2O[C@H](CO)[C@@H](O)[C@H](O)[C@H]2O1. The molecule has 2 rings (SSSR count). The molecular weight excluding hydrogens is 204 g/mol. The van der Waals surface area contributed by atoms with Gasteiger partial charge in [-0.1, -0.05) is 0 Å². The highest BCUT2D eigenvalue weighted by atomic mass is 16.8. The highest BCUT2D eigenvalue weighted by molar-refractivity contribution is 4.93. The van der Waals surface area contributed by atoms with Crippen LogP contribution in [0, 0.1) is 0 Å². The summed E-state index contributed by atoms with van der Waals surface area (Å²) in [5.41, 5.74) is 0. The Hall–Kier alpha value is -0.240. The second-order valence-electron chi connectivity index (χ2n) is 4.31. The van der Waals surface area contributed by atoms with Crippen LogP contribution in [-0.4, -0.2) is 58.4 Å². The molecule has 0 aliphatic carbocycles. The summed E-state index contributed by atoms with van der Waals surface area (Å²) < 4.78 is 16.0. The van der Waals surface area contributed by atoms with E-state index in [1.165, 1.54) is 0 Å². The Morgan fingerprint density at radius 1 is 1.13 bits per heavy atom. The molecule has 0 aromatic heterocycles. The minimum Gasteiger partial charge on any atom is -0.394 e. The van der Waals surface area contributed by atoms with Gasteiger partial charge in [0.15, 0.2) is 12.1 Å². The third-order valence-electron chi connectivity index (χ3n) is 2.64. The van der Waals surface area contributed by atoms with Gasteiger partial charge in [0.1, 0.15) is 24.4 Å². The van der Waals surface area contributed by atoms with Crippen LogP contribution in [0.3, 0.4) is 0 Å². The summed E-state index contributed by atoms with van der Waals surface area (Å²) in [7, 11) is 0. The summed E-state index contributed by atoms with van der Waals surface area (Å²) >= 11 is 0. The molecule has 0 bridgehead atoms. The molecule has 0 saturated carbocycles. The van der Waals surface area contributed by atoms with Crippen molar-refractivity contribution in [3.63, 3.8) is 0 Å². The Morgan fingerprint density at radius 3 is 2.40 bits per heavy atom. The van der Waals surface area contributed by atoms with Gasteiger partial charge in [-0.2, -0.15) is 0 Å². The summed E-state index contributed by atoms with van der Waals surface area (Å²) in [5, 5.41) is 28.3. The Morgan fingerprint density at radius 2 is 1.80 bits per heavy atom. The normalized spacial score (nSPS) is 49.0. The molecular formula is C9H16O6. The smallest absolute Gasteiger partial charge is 0.190 e. The van der Waals surface area contributed by atoms with Crippen LogP contribution in [0.5, 0.6) is 0 Å². The number of ether oxygens (including phenoxy) is 3. The molecule has 0 radical (unpaired) electrons. The van der Waals surface area contributed by atoms with E-state index in [9.17, 15) is 10.2 Å². The van der Waals surface area contributed by atoms with Crippen LogP contribution in [0.4, 0.5) is 0 Å². The van der Waals surface area contributed by atoms with E-state index in [1.54, 1.807) is 13.8 Å². The third-order valence-corrected chi connectivity index (χ3v) is 2.64. The summed E-state index contributed by atoms with van der Waals surface area (Å²) in [6.07, 6.45) is -4.55. The van der Waals surface area contributed by atoms with Crippen molar-refractivity contribution in [3.05, 3.63) is 0 Å². The van der Waals surface area contributed by atoms with E-state index in [0.29, 0.717) is 0 Å². The first-order valence-electron chi connectivity index (χ1n) is 4.93. The number of hydrogen-bond acceptors (Lipinski definition) is 6.